The third-order valence-corrected chi connectivity index (χ3v) is 3.32. The highest BCUT2D eigenvalue weighted by molar-refractivity contribution is 5.94. The Morgan fingerprint density at radius 2 is 2.05 bits per heavy atom. The molecule has 5 nitrogen and oxygen atoms in total. The molecule has 5 heteroatoms. The lowest BCUT2D eigenvalue weighted by molar-refractivity contribution is -0.146. The maximum Gasteiger partial charge on any atom is 0.328 e. The monoisotopic (exact) mass is 301 g/mol. The molecule has 116 valence electrons. The molecule has 1 aromatic carbocycles. The number of hydrogen-bond donors (Lipinski definition) is 1. The number of furan rings is 1. The van der Waals surface area contributed by atoms with E-state index >= 15 is 0 Å². The molecule has 1 N–H and O–H groups in total. The maximum absolute atomic E-state index is 12.0. The predicted molar refractivity (Wildman–Crippen MR) is 81.3 cm³/mol. The Morgan fingerprint density at radius 1 is 1.27 bits per heavy atom. The van der Waals surface area contributed by atoms with Gasteiger partial charge in [0.1, 0.15) is 12.6 Å². The summed E-state index contributed by atoms with van der Waals surface area (Å²) in [6.45, 7) is 5.71. The van der Waals surface area contributed by atoms with Crippen LogP contribution in [0.4, 0.5) is 0 Å². The van der Waals surface area contributed by atoms with Gasteiger partial charge in [0, 0.05) is 0 Å². The second-order valence-corrected chi connectivity index (χ2v) is 5.21. The fourth-order valence-electron chi connectivity index (χ4n) is 1.96. The fourth-order valence-corrected chi connectivity index (χ4v) is 1.96. The summed E-state index contributed by atoms with van der Waals surface area (Å²) in [4.78, 5) is 23.7. The average molecular weight is 301 g/mol. The van der Waals surface area contributed by atoms with Crippen LogP contribution >= 0.6 is 0 Å². The van der Waals surface area contributed by atoms with Gasteiger partial charge in [-0.15, -0.1) is 0 Å². The van der Waals surface area contributed by atoms with Crippen LogP contribution in [0.1, 0.15) is 34.2 Å². The van der Waals surface area contributed by atoms with Gasteiger partial charge in [-0.3, -0.25) is 4.79 Å². The van der Waals surface area contributed by atoms with Gasteiger partial charge in [-0.25, -0.2) is 4.79 Å². The van der Waals surface area contributed by atoms with Crippen LogP contribution in [0.5, 0.6) is 0 Å². The van der Waals surface area contributed by atoms with Crippen LogP contribution in [0.2, 0.25) is 0 Å². The van der Waals surface area contributed by atoms with Gasteiger partial charge in [-0.2, -0.15) is 0 Å². The van der Waals surface area contributed by atoms with E-state index in [0.29, 0.717) is 0 Å². The van der Waals surface area contributed by atoms with E-state index in [1.54, 1.807) is 13.0 Å². The van der Waals surface area contributed by atoms with Crippen LogP contribution in [-0.4, -0.2) is 17.9 Å². The first-order valence-corrected chi connectivity index (χ1v) is 7.04. The molecule has 0 spiro atoms. The number of rotatable bonds is 5. The van der Waals surface area contributed by atoms with Gasteiger partial charge >= 0.3 is 5.97 Å². The summed E-state index contributed by atoms with van der Waals surface area (Å²) in [5.74, 6) is -0.767. The second-order valence-electron chi connectivity index (χ2n) is 5.21. The minimum absolute atomic E-state index is 0.161. The van der Waals surface area contributed by atoms with Crippen molar-refractivity contribution in [3.63, 3.8) is 0 Å². The number of aryl methyl sites for hydroxylation is 2. The second kappa shape index (κ2) is 6.93. The average Bonchev–Trinajstić information content (AvgIpc) is 3.02. The largest absolute Gasteiger partial charge is 0.459 e. The number of hydrogen-bond acceptors (Lipinski definition) is 4. The Kier molecular flexibility index (Phi) is 4.99. The van der Waals surface area contributed by atoms with Crippen molar-refractivity contribution in [3.8, 4) is 0 Å². The maximum atomic E-state index is 12.0. The number of nitrogens with one attached hydrogen (secondary N) is 1. The minimum Gasteiger partial charge on any atom is -0.459 e. The highest BCUT2D eigenvalue weighted by atomic mass is 16.5. The molecular weight excluding hydrogens is 282 g/mol. The molecule has 1 aromatic heterocycles. The van der Waals surface area contributed by atoms with Gasteiger partial charge in [0.2, 0.25) is 0 Å². The Balaban J connectivity index is 1.89. The number of esters is 1. The summed E-state index contributed by atoms with van der Waals surface area (Å²) < 4.78 is 10.2. The van der Waals surface area contributed by atoms with E-state index in [2.05, 4.69) is 5.32 Å². The van der Waals surface area contributed by atoms with Crippen molar-refractivity contribution >= 4 is 11.9 Å². The lowest BCUT2D eigenvalue weighted by Gasteiger charge is -2.13. The third-order valence-electron chi connectivity index (χ3n) is 3.32. The molecule has 0 saturated heterocycles. The first-order valence-electron chi connectivity index (χ1n) is 7.04. The van der Waals surface area contributed by atoms with Crippen LogP contribution in [0.3, 0.4) is 0 Å². The van der Waals surface area contributed by atoms with Crippen molar-refractivity contribution in [1.82, 2.24) is 5.32 Å². The van der Waals surface area contributed by atoms with Crippen LogP contribution in [0.15, 0.2) is 41.0 Å². The molecule has 0 fully saturated rings. The van der Waals surface area contributed by atoms with E-state index < -0.39 is 17.9 Å². The molecule has 0 aliphatic carbocycles. The normalized spacial score (nSPS) is 11.8. The molecule has 2 aromatic rings. The molecule has 22 heavy (non-hydrogen) atoms. The predicted octanol–water partition coefficient (Wildman–Crippen LogP) is 2.76. The molecule has 0 aliphatic heterocycles. The number of ether oxygens (including phenoxy) is 1. The summed E-state index contributed by atoms with van der Waals surface area (Å²) in [6, 6.07) is 8.37. The number of amides is 1. The zero-order chi connectivity index (χ0) is 16.1. The van der Waals surface area contributed by atoms with E-state index in [4.69, 9.17) is 9.15 Å². The first kappa shape index (κ1) is 15.8. The van der Waals surface area contributed by atoms with Crippen molar-refractivity contribution in [3.05, 3.63) is 59.0 Å². The smallest absolute Gasteiger partial charge is 0.328 e. The van der Waals surface area contributed by atoms with Gasteiger partial charge < -0.3 is 14.5 Å². The summed E-state index contributed by atoms with van der Waals surface area (Å²) in [5, 5.41) is 2.54. The molecule has 1 unspecified atom stereocenters. The van der Waals surface area contributed by atoms with E-state index in [0.717, 1.165) is 16.7 Å². The van der Waals surface area contributed by atoms with Crippen LogP contribution in [0.25, 0.3) is 0 Å². The van der Waals surface area contributed by atoms with E-state index in [1.165, 1.54) is 12.3 Å². The quantitative estimate of drug-likeness (QED) is 0.862. The fraction of sp³-hybridized carbons (Fsp3) is 0.294. The highest BCUT2D eigenvalue weighted by Crippen LogP contribution is 2.12. The van der Waals surface area contributed by atoms with Gasteiger partial charge in [0.25, 0.3) is 5.91 Å². The molecule has 0 saturated carbocycles. The lowest BCUT2D eigenvalue weighted by Crippen LogP contribution is -2.39. The molecule has 0 aliphatic rings. The summed E-state index contributed by atoms with van der Waals surface area (Å²) in [7, 11) is 0. The van der Waals surface area contributed by atoms with E-state index in [1.807, 2.05) is 32.0 Å². The molecule has 2 rings (SSSR count). The van der Waals surface area contributed by atoms with Gasteiger partial charge in [0.15, 0.2) is 5.76 Å². The van der Waals surface area contributed by atoms with Gasteiger partial charge in [-0.05, 0) is 44.0 Å². The van der Waals surface area contributed by atoms with E-state index in [9.17, 15) is 9.59 Å². The molecule has 1 atom stereocenters. The third kappa shape index (κ3) is 3.97. The Hall–Kier alpha value is -2.56. The zero-order valence-corrected chi connectivity index (χ0v) is 12.9. The van der Waals surface area contributed by atoms with Crippen molar-refractivity contribution in [2.24, 2.45) is 0 Å². The molecule has 0 bridgehead atoms. The number of carbonyl (C=O) groups excluding carboxylic acids is 2. The standard InChI is InChI=1S/C17H19NO4/c1-11-6-7-12(2)14(9-11)10-22-17(20)13(3)18-16(19)15-5-4-8-21-15/h4-9,13H,10H2,1-3H3,(H,18,19). The number of benzene rings is 1. The SMILES string of the molecule is Cc1ccc(C)c(COC(=O)C(C)NC(=O)c2ccco2)c1. The minimum atomic E-state index is -0.747. The molecule has 1 amide bonds. The lowest BCUT2D eigenvalue weighted by atomic mass is 10.1. The van der Waals surface area contributed by atoms with Crippen LogP contribution in [0, 0.1) is 13.8 Å². The number of carbonyl (C=O) groups is 2. The first-order chi connectivity index (χ1) is 10.5. The topological polar surface area (TPSA) is 68.5 Å². The van der Waals surface area contributed by atoms with Gasteiger partial charge in [-0.1, -0.05) is 23.8 Å². The van der Waals surface area contributed by atoms with Crippen molar-refractivity contribution < 1.29 is 18.7 Å². The van der Waals surface area contributed by atoms with Crippen molar-refractivity contribution in [2.75, 3.05) is 0 Å². The zero-order valence-electron chi connectivity index (χ0n) is 12.9. The van der Waals surface area contributed by atoms with Crippen LogP contribution in [-0.2, 0) is 16.1 Å². The Bertz CT molecular complexity index is 661. The Labute approximate surface area is 129 Å². The summed E-state index contributed by atoms with van der Waals surface area (Å²) in [6.07, 6.45) is 1.40. The molecule has 1 heterocycles. The van der Waals surface area contributed by atoms with Crippen molar-refractivity contribution in [2.45, 2.75) is 33.4 Å². The van der Waals surface area contributed by atoms with Crippen LogP contribution < -0.4 is 5.32 Å². The highest BCUT2D eigenvalue weighted by Gasteiger charge is 2.19. The summed E-state index contributed by atoms with van der Waals surface area (Å²) >= 11 is 0. The Morgan fingerprint density at radius 3 is 2.73 bits per heavy atom. The van der Waals surface area contributed by atoms with Crippen molar-refractivity contribution in [1.29, 1.82) is 0 Å². The van der Waals surface area contributed by atoms with E-state index in [-0.39, 0.29) is 12.4 Å². The molecular formula is C17H19NO4. The summed E-state index contributed by atoms with van der Waals surface area (Å²) in [5.41, 5.74) is 3.12. The van der Waals surface area contributed by atoms with Gasteiger partial charge in [0.05, 0.1) is 6.26 Å². The molecule has 0 radical (unpaired) electrons.